The highest BCUT2D eigenvalue weighted by Gasteiger charge is 2.18. The zero-order valence-electron chi connectivity index (χ0n) is 16.1. The summed E-state index contributed by atoms with van der Waals surface area (Å²) in [4.78, 5) is 27.3. The molecule has 7 heteroatoms. The molecular formula is C23H20BrN3O3. The third kappa shape index (κ3) is 5.89. The average molecular weight is 466 g/mol. The van der Waals surface area contributed by atoms with Crippen molar-refractivity contribution in [2.24, 2.45) is 0 Å². The van der Waals surface area contributed by atoms with Gasteiger partial charge in [0.2, 0.25) is 0 Å². The molecular weight excluding hydrogens is 446 g/mol. The number of nitriles is 1. The van der Waals surface area contributed by atoms with Gasteiger partial charge in [0.15, 0.2) is 0 Å². The van der Waals surface area contributed by atoms with Crippen molar-refractivity contribution in [2.75, 3.05) is 6.54 Å². The molecule has 0 bridgehead atoms. The zero-order valence-corrected chi connectivity index (χ0v) is 17.7. The molecule has 0 saturated carbocycles. The molecule has 1 amide bonds. The minimum absolute atomic E-state index is 0.0433. The number of aromatic nitrogens is 1. The number of amides is 1. The van der Waals surface area contributed by atoms with Crippen LogP contribution in [0.25, 0.3) is 0 Å². The van der Waals surface area contributed by atoms with E-state index >= 15 is 0 Å². The van der Waals surface area contributed by atoms with E-state index in [-0.39, 0.29) is 12.1 Å². The number of carbonyl (C=O) groups is 1. The zero-order chi connectivity index (χ0) is 21.3. The van der Waals surface area contributed by atoms with Crippen LogP contribution >= 0.6 is 15.9 Å². The smallest absolute Gasteiger partial charge is 0.261 e. The van der Waals surface area contributed by atoms with Gasteiger partial charge < -0.3 is 15.0 Å². The Morgan fingerprint density at radius 1 is 1.10 bits per heavy atom. The quantitative estimate of drug-likeness (QED) is 0.493. The first kappa shape index (κ1) is 21.5. The van der Waals surface area contributed by atoms with Gasteiger partial charge in [0, 0.05) is 16.6 Å². The SMILES string of the molecule is N#CCNC(=O)c1ccc(C(Cc2cccc(Br)c2)OCc2ccccc2)[nH]c1=O. The first-order valence-electron chi connectivity index (χ1n) is 9.35. The lowest BCUT2D eigenvalue weighted by Gasteiger charge is -2.19. The molecule has 0 fully saturated rings. The van der Waals surface area contributed by atoms with Crippen LogP contribution in [0.5, 0.6) is 0 Å². The van der Waals surface area contributed by atoms with Crippen molar-refractivity contribution in [1.82, 2.24) is 10.3 Å². The lowest BCUT2D eigenvalue weighted by atomic mass is 10.0. The van der Waals surface area contributed by atoms with Crippen molar-refractivity contribution >= 4 is 21.8 Å². The fourth-order valence-corrected chi connectivity index (χ4v) is 3.42. The molecule has 3 aromatic rings. The first-order chi connectivity index (χ1) is 14.6. The molecule has 2 aromatic carbocycles. The van der Waals surface area contributed by atoms with Gasteiger partial charge in [0.25, 0.3) is 11.5 Å². The molecule has 1 heterocycles. The molecule has 0 radical (unpaired) electrons. The van der Waals surface area contributed by atoms with Gasteiger partial charge in [-0.25, -0.2) is 0 Å². The second-order valence-electron chi connectivity index (χ2n) is 6.62. The monoisotopic (exact) mass is 465 g/mol. The van der Waals surface area contributed by atoms with Crippen LogP contribution in [-0.2, 0) is 17.8 Å². The number of ether oxygens (including phenoxy) is 1. The molecule has 152 valence electrons. The molecule has 0 spiro atoms. The Morgan fingerprint density at radius 2 is 1.87 bits per heavy atom. The summed E-state index contributed by atoms with van der Waals surface area (Å²) in [5.41, 5.74) is 2.07. The normalized spacial score (nSPS) is 11.5. The Labute approximate surface area is 182 Å². The Kier molecular flexibility index (Phi) is 7.55. The van der Waals surface area contributed by atoms with E-state index < -0.39 is 17.6 Å². The molecule has 6 nitrogen and oxygen atoms in total. The van der Waals surface area contributed by atoms with Gasteiger partial charge in [-0.2, -0.15) is 5.26 Å². The van der Waals surface area contributed by atoms with E-state index in [0.29, 0.717) is 18.7 Å². The summed E-state index contributed by atoms with van der Waals surface area (Å²) < 4.78 is 7.11. The van der Waals surface area contributed by atoms with E-state index in [1.54, 1.807) is 6.07 Å². The maximum absolute atomic E-state index is 12.5. The molecule has 0 aliphatic heterocycles. The lowest BCUT2D eigenvalue weighted by molar-refractivity contribution is 0.0369. The van der Waals surface area contributed by atoms with Gasteiger partial charge in [0.05, 0.1) is 12.7 Å². The third-order valence-corrected chi connectivity index (χ3v) is 4.95. The largest absolute Gasteiger partial charge is 0.367 e. The summed E-state index contributed by atoms with van der Waals surface area (Å²) in [6, 6.07) is 22.6. The van der Waals surface area contributed by atoms with E-state index in [0.717, 1.165) is 15.6 Å². The van der Waals surface area contributed by atoms with E-state index in [1.807, 2.05) is 60.7 Å². The fourth-order valence-electron chi connectivity index (χ4n) is 2.98. The highest BCUT2D eigenvalue weighted by atomic mass is 79.9. The minimum Gasteiger partial charge on any atom is -0.367 e. The van der Waals surface area contributed by atoms with Crippen LogP contribution in [0, 0.1) is 11.3 Å². The van der Waals surface area contributed by atoms with Crippen molar-refractivity contribution in [3.05, 3.63) is 104 Å². The minimum atomic E-state index is -0.585. The van der Waals surface area contributed by atoms with Gasteiger partial charge in [-0.3, -0.25) is 9.59 Å². The molecule has 1 aromatic heterocycles. The molecule has 30 heavy (non-hydrogen) atoms. The summed E-state index contributed by atoms with van der Waals surface area (Å²) in [6.07, 6.45) is 0.130. The predicted molar refractivity (Wildman–Crippen MR) is 117 cm³/mol. The van der Waals surface area contributed by atoms with Crippen LogP contribution in [0.3, 0.4) is 0 Å². The number of hydrogen-bond donors (Lipinski definition) is 2. The van der Waals surface area contributed by atoms with Gasteiger partial charge in [0.1, 0.15) is 18.2 Å². The van der Waals surface area contributed by atoms with Crippen LogP contribution in [0.2, 0.25) is 0 Å². The van der Waals surface area contributed by atoms with Crippen molar-refractivity contribution in [3.8, 4) is 6.07 Å². The van der Waals surface area contributed by atoms with Gasteiger partial charge in [-0.1, -0.05) is 58.4 Å². The van der Waals surface area contributed by atoms with Crippen LogP contribution in [0.15, 0.2) is 76.0 Å². The molecule has 3 rings (SSSR count). The standard InChI is InChI=1S/C23H20BrN3O3/c24-18-8-4-7-17(13-18)14-21(30-15-16-5-2-1-3-6-16)20-10-9-19(23(29)27-20)22(28)26-12-11-25/h1-10,13,21H,12,14-15H2,(H,26,28)(H,27,29). The Hall–Kier alpha value is -3.21. The number of hydrogen-bond acceptors (Lipinski definition) is 4. The van der Waals surface area contributed by atoms with Crippen LogP contribution in [0.1, 0.15) is 33.3 Å². The lowest BCUT2D eigenvalue weighted by Crippen LogP contribution is -2.30. The second kappa shape index (κ2) is 10.5. The topological polar surface area (TPSA) is 95.0 Å². The summed E-state index contributed by atoms with van der Waals surface area (Å²) >= 11 is 3.48. The number of pyridine rings is 1. The highest BCUT2D eigenvalue weighted by molar-refractivity contribution is 9.10. The van der Waals surface area contributed by atoms with Crippen molar-refractivity contribution in [1.29, 1.82) is 5.26 Å². The van der Waals surface area contributed by atoms with E-state index in [9.17, 15) is 9.59 Å². The summed E-state index contributed by atoms with van der Waals surface area (Å²) in [5.74, 6) is -0.585. The number of nitrogens with one attached hydrogen (secondary N) is 2. The molecule has 2 N–H and O–H groups in total. The molecule has 1 unspecified atom stereocenters. The van der Waals surface area contributed by atoms with Crippen molar-refractivity contribution in [2.45, 2.75) is 19.1 Å². The third-order valence-electron chi connectivity index (χ3n) is 4.46. The number of nitrogens with zero attached hydrogens (tertiary/aromatic N) is 1. The van der Waals surface area contributed by atoms with Gasteiger partial charge in [-0.05, 0) is 35.4 Å². The molecule has 1 atom stereocenters. The van der Waals surface area contributed by atoms with E-state index in [1.165, 1.54) is 6.07 Å². The second-order valence-corrected chi connectivity index (χ2v) is 7.53. The van der Waals surface area contributed by atoms with Crippen molar-refractivity contribution in [3.63, 3.8) is 0 Å². The highest BCUT2D eigenvalue weighted by Crippen LogP contribution is 2.23. The van der Waals surface area contributed by atoms with Crippen LogP contribution in [-0.4, -0.2) is 17.4 Å². The number of carbonyl (C=O) groups excluding carboxylic acids is 1. The summed E-state index contributed by atoms with van der Waals surface area (Å²) in [6.45, 7) is 0.220. The first-order valence-corrected chi connectivity index (χ1v) is 10.1. The molecule has 0 aliphatic carbocycles. The Balaban J connectivity index is 1.85. The fraction of sp³-hybridized carbons (Fsp3) is 0.174. The Bertz CT molecular complexity index is 1110. The summed E-state index contributed by atoms with van der Waals surface area (Å²) in [5, 5.41) is 11.0. The molecule has 0 saturated heterocycles. The van der Waals surface area contributed by atoms with Gasteiger partial charge in [-0.15, -0.1) is 0 Å². The average Bonchev–Trinajstić information content (AvgIpc) is 2.75. The van der Waals surface area contributed by atoms with E-state index in [2.05, 4.69) is 26.2 Å². The number of benzene rings is 2. The van der Waals surface area contributed by atoms with Gasteiger partial charge >= 0.3 is 0 Å². The van der Waals surface area contributed by atoms with Crippen molar-refractivity contribution < 1.29 is 9.53 Å². The number of H-pyrrole nitrogens is 1. The van der Waals surface area contributed by atoms with E-state index in [4.69, 9.17) is 10.00 Å². The number of aromatic amines is 1. The maximum atomic E-state index is 12.5. The summed E-state index contributed by atoms with van der Waals surface area (Å²) in [7, 11) is 0. The van der Waals surface area contributed by atoms with Crippen LogP contribution < -0.4 is 10.9 Å². The van der Waals surface area contributed by atoms with Crippen LogP contribution in [0.4, 0.5) is 0 Å². The Morgan fingerprint density at radius 3 is 2.57 bits per heavy atom. The molecule has 0 aliphatic rings. The number of rotatable bonds is 8. The number of halogens is 1. The predicted octanol–water partition coefficient (Wildman–Crippen LogP) is 3.89. The maximum Gasteiger partial charge on any atom is 0.261 e.